The molecule has 2 rings (SSSR count). The lowest BCUT2D eigenvalue weighted by Gasteiger charge is -2.11. The van der Waals surface area contributed by atoms with Crippen molar-refractivity contribution >= 4 is 17.7 Å². The highest BCUT2D eigenvalue weighted by Gasteiger charge is 2.42. The van der Waals surface area contributed by atoms with Crippen molar-refractivity contribution in [3.63, 3.8) is 0 Å². The number of halogens is 2. The first-order valence-corrected chi connectivity index (χ1v) is 5.86. The largest absolute Gasteiger partial charge is 0.496 e. The summed E-state index contributed by atoms with van der Waals surface area (Å²) in [5.41, 5.74) is 5.53. The Morgan fingerprint density at radius 1 is 1.61 bits per heavy atom. The number of carbonyl (C=O) groups excluding carboxylic acids is 1. The van der Waals surface area contributed by atoms with Crippen LogP contribution in [0.3, 0.4) is 0 Å². The van der Waals surface area contributed by atoms with Crippen LogP contribution < -0.4 is 10.5 Å². The first kappa shape index (κ1) is 13.0. The van der Waals surface area contributed by atoms with Crippen LogP contribution in [0.15, 0.2) is 12.1 Å². The van der Waals surface area contributed by atoms with Gasteiger partial charge in [-0.3, -0.25) is 0 Å². The van der Waals surface area contributed by atoms with Gasteiger partial charge in [-0.15, -0.1) is 0 Å². The van der Waals surface area contributed by atoms with Crippen molar-refractivity contribution in [3.8, 4) is 5.75 Å². The lowest BCUT2D eigenvalue weighted by atomic mass is 10.1. The number of carbonyl (C=O) groups is 1. The lowest BCUT2D eigenvalue weighted by molar-refractivity contribution is 0.151. The van der Waals surface area contributed by atoms with Crippen molar-refractivity contribution in [1.29, 1.82) is 0 Å². The monoisotopic (exact) mass is 273 g/mol. The summed E-state index contributed by atoms with van der Waals surface area (Å²) < 4.78 is 23.3. The Hall–Kier alpha value is -1.49. The van der Waals surface area contributed by atoms with Gasteiger partial charge in [-0.2, -0.15) is 0 Å². The molecule has 0 bridgehead atoms. The van der Waals surface area contributed by atoms with Gasteiger partial charge in [-0.25, -0.2) is 9.18 Å². The van der Waals surface area contributed by atoms with Gasteiger partial charge in [0.15, 0.2) is 0 Å². The summed E-state index contributed by atoms with van der Waals surface area (Å²) in [6.45, 7) is 0.218. The number of hydrogen-bond acceptors (Lipinski definition) is 3. The van der Waals surface area contributed by atoms with Crippen LogP contribution in [0.5, 0.6) is 5.75 Å². The molecular formula is C12H13ClFNO3. The maximum absolute atomic E-state index is 13.4. The minimum atomic E-state index is -0.807. The van der Waals surface area contributed by atoms with E-state index in [0.29, 0.717) is 11.3 Å². The van der Waals surface area contributed by atoms with E-state index in [9.17, 15) is 9.18 Å². The van der Waals surface area contributed by atoms with E-state index in [2.05, 4.69) is 0 Å². The highest BCUT2D eigenvalue weighted by Crippen LogP contribution is 2.53. The lowest BCUT2D eigenvalue weighted by Crippen LogP contribution is -2.14. The fourth-order valence-corrected chi connectivity index (χ4v) is 2.34. The van der Waals surface area contributed by atoms with Crippen LogP contribution in [-0.2, 0) is 4.74 Å². The Morgan fingerprint density at radius 2 is 2.33 bits per heavy atom. The predicted molar refractivity (Wildman–Crippen MR) is 64.3 cm³/mol. The van der Waals surface area contributed by atoms with E-state index in [0.717, 1.165) is 6.42 Å². The third-order valence-corrected chi connectivity index (χ3v) is 3.43. The maximum atomic E-state index is 13.4. The molecule has 0 aliphatic heterocycles. The number of rotatable bonds is 4. The summed E-state index contributed by atoms with van der Waals surface area (Å²) in [4.78, 5) is 10.5. The van der Waals surface area contributed by atoms with E-state index in [4.69, 9.17) is 26.8 Å². The summed E-state index contributed by atoms with van der Waals surface area (Å²) in [5, 5.41) is 0.0703. The van der Waals surface area contributed by atoms with E-state index in [1.54, 1.807) is 6.07 Å². The van der Waals surface area contributed by atoms with Gasteiger partial charge in [-0.05, 0) is 24.5 Å². The number of ether oxygens (including phenoxy) is 2. The molecule has 4 nitrogen and oxygen atoms in total. The second-order valence-electron chi connectivity index (χ2n) is 4.21. The minimum absolute atomic E-state index is 0.0440. The molecule has 6 heteroatoms. The Kier molecular flexibility index (Phi) is 3.61. The molecule has 2 N–H and O–H groups in total. The standard InChI is InChI=1S/C12H13ClFNO3/c1-17-9-3-2-8(14)11(13)10(9)7-4-6(7)5-18-12(15)16/h2-3,6-7H,4-5H2,1H3,(H2,15,16). The van der Waals surface area contributed by atoms with Crippen molar-refractivity contribution in [3.05, 3.63) is 28.5 Å². The van der Waals surface area contributed by atoms with Gasteiger partial charge in [0.2, 0.25) is 0 Å². The van der Waals surface area contributed by atoms with Crippen molar-refractivity contribution < 1.29 is 18.7 Å². The van der Waals surface area contributed by atoms with Crippen molar-refractivity contribution in [2.24, 2.45) is 11.7 Å². The van der Waals surface area contributed by atoms with Crippen LogP contribution in [0, 0.1) is 11.7 Å². The molecule has 1 saturated carbocycles. The molecule has 2 unspecified atom stereocenters. The molecule has 1 amide bonds. The van der Waals surface area contributed by atoms with Crippen LogP contribution in [0.4, 0.5) is 9.18 Å². The topological polar surface area (TPSA) is 61.6 Å². The van der Waals surface area contributed by atoms with Gasteiger partial charge in [0.25, 0.3) is 0 Å². The third kappa shape index (κ3) is 2.51. The molecule has 2 atom stereocenters. The number of methoxy groups -OCH3 is 1. The molecule has 1 fully saturated rings. The van der Waals surface area contributed by atoms with E-state index in [1.807, 2.05) is 0 Å². The quantitative estimate of drug-likeness (QED) is 0.917. The average molecular weight is 274 g/mol. The molecule has 98 valence electrons. The molecule has 0 aromatic heterocycles. The summed E-state index contributed by atoms with van der Waals surface area (Å²) in [7, 11) is 1.50. The zero-order valence-corrected chi connectivity index (χ0v) is 10.5. The van der Waals surface area contributed by atoms with Gasteiger partial charge in [0.1, 0.15) is 11.6 Å². The zero-order valence-electron chi connectivity index (χ0n) is 9.78. The molecule has 1 aliphatic carbocycles. The molecule has 1 aromatic rings. The van der Waals surface area contributed by atoms with E-state index < -0.39 is 11.9 Å². The highest BCUT2D eigenvalue weighted by molar-refractivity contribution is 6.31. The second-order valence-corrected chi connectivity index (χ2v) is 4.59. The summed E-state index contributed by atoms with van der Waals surface area (Å²) in [6.07, 6.45) is -0.0368. The zero-order chi connectivity index (χ0) is 13.3. The Labute approximate surface area is 109 Å². The third-order valence-electron chi connectivity index (χ3n) is 3.05. The number of benzene rings is 1. The normalized spacial score (nSPS) is 21.5. The molecule has 0 saturated heterocycles. The van der Waals surface area contributed by atoms with Gasteiger partial charge in [-0.1, -0.05) is 11.6 Å². The fourth-order valence-electron chi connectivity index (χ4n) is 2.05. The first-order valence-electron chi connectivity index (χ1n) is 5.48. The molecule has 18 heavy (non-hydrogen) atoms. The number of primary amides is 1. The number of nitrogens with two attached hydrogens (primary N) is 1. The van der Waals surface area contributed by atoms with Crippen LogP contribution in [0.25, 0.3) is 0 Å². The Bertz CT molecular complexity index is 481. The number of amides is 1. The van der Waals surface area contributed by atoms with Crippen molar-refractivity contribution in [2.45, 2.75) is 12.3 Å². The van der Waals surface area contributed by atoms with Gasteiger partial charge < -0.3 is 15.2 Å². The van der Waals surface area contributed by atoms with Gasteiger partial charge >= 0.3 is 6.09 Å². The van der Waals surface area contributed by atoms with Gasteiger partial charge in [0, 0.05) is 11.5 Å². The van der Waals surface area contributed by atoms with Crippen molar-refractivity contribution in [2.75, 3.05) is 13.7 Å². The molecule has 1 aromatic carbocycles. The fraction of sp³-hybridized carbons (Fsp3) is 0.417. The van der Waals surface area contributed by atoms with Gasteiger partial charge in [0.05, 0.1) is 18.7 Å². The molecule has 0 heterocycles. The van der Waals surface area contributed by atoms with Crippen LogP contribution in [0.1, 0.15) is 17.9 Å². The summed E-state index contributed by atoms with van der Waals surface area (Å²) in [6, 6.07) is 2.81. The SMILES string of the molecule is COc1ccc(F)c(Cl)c1C1CC1COC(N)=O. The first-order chi connectivity index (χ1) is 8.54. The minimum Gasteiger partial charge on any atom is -0.496 e. The van der Waals surface area contributed by atoms with Crippen LogP contribution in [0.2, 0.25) is 5.02 Å². The Balaban J connectivity index is 2.15. The van der Waals surface area contributed by atoms with Crippen molar-refractivity contribution in [1.82, 2.24) is 0 Å². The summed E-state index contributed by atoms with van der Waals surface area (Å²) in [5.74, 6) is 0.232. The Morgan fingerprint density at radius 3 is 2.94 bits per heavy atom. The molecule has 0 radical (unpaired) electrons. The predicted octanol–water partition coefficient (Wildman–Crippen LogP) is 2.69. The maximum Gasteiger partial charge on any atom is 0.404 e. The number of hydrogen-bond donors (Lipinski definition) is 1. The van der Waals surface area contributed by atoms with E-state index in [1.165, 1.54) is 13.2 Å². The van der Waals surface area contributed by atoms with Crippen LogP contribution in [-0.4, -0.2) is 19.8 Å². The smallest absolute Gasteiger partial charge is 0.404 e. The molecule has 1 aliphatic rings. The molecular weight excluding hydrogens is 261 g/mol. The van der Waals surface area contributed by atoms with E-state index >= 15 is 0 Å². The molecule has 0 spiro atoms. The second kappa shape index (κ2) is 5.02. The van der Waals surface area contributed by atoms with E-state index in [-0.39, 0.29) is 23.5 Å². The van der Waals surface area contributed by atoms with Crippen LogP contribution >= 0.6 is 11.6 Å². The highest BCUT2D eigenvalue weighted by atomic mass is 35.5. The average Bonchev–Trinajstić information content (AvgIpc) is 3.09. The summed E-state index contributed by atoms with van der Waals surface area (Å²) >= 11 is 5.95.